The fourth-order valence-electron chi connectivity index (χ4n) is 1.56. The molecule has 66 valence electrons. The molecular weight excluding hydrogens is 150 g/mol. The summed E-state index contributed by atoms with van der Waals surface area (Å²) in [5.41, 5.74) is 0. The van der Waals surface area contributed by atoms with Gasteiger partial charge in [0.15, 0.2) is 0 Å². The van der Waals surface area contributed by atoms with E-state index in [4.69, 9.17) is 0 Å². The Labute approximate surface area is 73.9 Å². The molecule has 1 atom stereocenters. The SMILES string of the molecule is CC#CC(=O)N1CCCC(C)C1. The fraction of sp³-hybridized carbons (Fsp3) is 0.700. The van der Waals surface area contributed by atoms with E-state index in [0.717, 1.165) is 19.5 Å². The van der Waals surface area contributed by atoms with Crippen LogP contribution in [0.3, 0.4) is 0 Å². The Kier molecular flexibility index (Phi) is 3.16. The van der Waals surface area contributed by atoms with Gasteiger partial charge in [-0.05, 0) is 31.6 Å². The van der Waals surface area contributed by atoms with Crippen LogP contribution >= 0.6 is 0 Å². The predicted molar refractivity (Wildman–Crippen MR) is 48.4 cm³/mol. The van der Waals surface area contributed by atoms with Crippen LogP contribution in [0.25, 0.3) is 0 Å². The Hall–Kier alpha value is -0.970. The minimum absolute atomic E-state index is 0.0101. The molecule has 0 radical (unpaired) electrons. The molecule has 1 aliphatic heterocycles. The number of piperidine rings is 1. The first-order valence-corrected chi connectivity index (χ1v) is 4.45. The Balaban J connectivity index is 2.49. The van der Waals surface area contributed by atoms with Crippen molar-refractivity contribution in [2.24, 2.45) is 5.92 Å². The molecule has 0 aromatic heterocycles. The van der Waals surface area contributed by atoms with Gasteiger partial charge in [-0.2, -0.15) is 0 Å². The van der Waals surface area contributed by atoms with Crippen LogP contribution in [0.1, 0.15) is 26.7 Å². The van der Waals surface area contributed by atoms with Crippen LogP contribution in [0.5, 0.6) is 0 Å². The quantitative estimate of drug-likeness (QED) is 0.495. The maximum atomic E-state index is 11.3. The molecule has 0 N–H and O–H groups in total. The second-order valence-electron chi connectivity index (χ2n) is 3.37. The number of carbonyl (C=O) groups is 1. The summed E-state index contributed by atoms with van der Waals surface area (Å²) in [6, 6.07) is 0. The van der Waals surface area contributed by atoms with Crippen molar-refractivity contribution in [3.05, 3.63) is 0 Å². The number of carbonyl (C=O) groups excluding carboxylic acids is 1. The van der Waals surface area contributed by atoms with E-state index in [1.54, 1.807) is 6.92 Å². The van der Waals surface area contributed by atoms with Crippen LogP contribution in [0, 0.1) is 17.8 Å². The lowest BCUT2D eigenvalue weighted by atomic mass is 10.0. The molecule has 0 saturated carbocycles. The highest BCUT2D eigenvalue weighted by atomic mass is 16.2. The number of hydrogen-bond donors (Lipinski definition) is 0. The van der Waals surface area contributed by atoms with Crippen molar-refractivity contribution < 1.29 is 4.79 Å². The summed E-state index contributed by atoms with van der Waals surface area (Å²) in [5, 5.41) is 0. The minimum atomic E-state index is -0.0101. The van der Waals surface area contributed by atoms with Gasteiger partial charge < -0.3 is 4.90 Å². The summed E-state index contributed by atoms with van der Waals surface area (Å²) in [6.07, 6.45) is 2.36. The third-order valence-corrected chi connectivity index (χ3v) is 2.18. The summed E-state index contributed by atoms with van der Waals surface area (Å²) in [4.78, 5) is 13.1. The third kappa shape index (κ3) is 2.27. The summed E-state index contributed by atoms with van der Waals surface area (Å²) < 4.78 is 0. The number of amides is 1. The smallest absolute Gasteiger partial charge is 0.298 e. The summed E-state index contributed by atoms with van der Waals surface area (Å²) in [6.45, 7) is 5.65. The molecule has 0 aliphatic carbocycles. The van der Waals surface area contributed by atoms with E-state index in [1.165, 1.54) is 6.42 Å². The Morgan fingerprint density at radius 1 is 1.58 bits per heavy atom. The number of hydrogen-bond acceptors (Lipinski definition) is 1. The summed E-state index contributed by atoms with van der Waals surface area (Å²) in [5.74, 6) is 5.84. The molecule has 0 bridgehead atoms. The molecule has 1 rings (SSSR count). The van der Waals surface area contributed by atoms with Crippen molar-refractivity contribution in [3.63, 3.8) is 0 Å². The highest BCUT2D eigenvalue weighted by Crippen LogP contribution is 2.14. The molecule has 2 nitrogen and oxygen atoms in total. The second kappa shape index (κ2) is 4.15. The van der Waals surface area contributed by atoms with Crippen LogP contribution < -0.4 is 0 Å². The van der Waals surface area contributed by atoms with Crippen LogP contribution in [0.4, 0.5) is 0 Å². The van der Waals surface area contributed by atoms with E-state index in [9.17, 15) is 4.79 Å². The van der Waals surface area contributed by atoms with Gasteiger partial charge in [-0.1, -0.05) is 12.8 Å². The van der Waals surface area contributed by atoms with Gasteiger partial charge in [0.2, 0.25) is 0 Å². The zero-order valence-corrected chi connectivity index (χ0v) is 7.76. The summed E-state index contributed by atoms with van der Waals surface area (Å²) >= 11 is 0. The normalized spacial score (nSPS) is 22.8. The zero-order valence-electron chi connectivity index (χ0n) is 7.76. The van der Waals surface area contributed by atoms with Gasteiger partial charge in [-0.3, -0.25) is 4.79 Å². The monoisotopic (exact) mass is 165 g/mol. The van der Waals surface area contributed by atoms with Crippen molar-refractivity contribution in [2.75, 3.05) is 13.1 Å². The topological polar surface area (TPSA) is 20.3 Å². The van der Waals surface area contributed by atoms with Crippen molar-refractivity contribution in [3.8, 4) is 11.8 Å². The molecule has 1 saturated heterocycles. The van der Waals surface area contributed by atoms with Crippen molar-refractivity contribution in [2.45, 2.75) is 26.7 Å². The van der Waals surface area contributed by atoms with Gasteiger partial charge in [0.1, 0.15) is 0 Å². The van der Waals surface area contributed by atoms with Gasteiger partial charge in [-0.15, -0.1) is 0 Å². The van der Waals surface area contributed by atoms with Gasteiger partial charge >= 0.3 is 0 Å². The molecule has 0 aromatic rings. The molecule has 1 fully saturated rings. The number of likely N-dealkylation sites (tertiary alicyclic amines) is 1. The van der Waals surface area contributed by atoms with Crippen LogP contribution in [-0.4, -0.2) is 23.9 Å². The van der Waals surface area contributed by atoms with E-state index in [1.807, 2.05) is 4.90 Å². The lowest BCUT2D eigenvalue weighted by Crippen LogP contribution is -2.38. The predicted octanol–water partition coefficient (Wildman–Crippen LogP) is 1.27. The van der Waals surface area contributed by atoms with E-state index in [-0.39, 0.29) is 5.91 Å². The van der Waals surface area contributed by atoms with Crippen molar-refractivity contribution in [1.82, 2.24) is 4.90 Å². The molecule has 0 spiro atoms. The molecule has 1 unspecified atom stereocenters. The van der Waals surface area contributed by atoms with Gasteiger partial charge in [-0.25, -0.2) is 0 Å². The molecular formula is C10H15NO. The van der Waals surface area contributed by atoms with E-state index in [0.29, 0.717) is 5.92 Å². The van der Waals surface area contributed by atoms with Crippen LogP contribution in [-0.2, 0) is 4.79 Å². The fourth-order valence-corrected chi connectivity index (χ4v) is 1.56. The molecule has 1 heterocycles. The number of rotatable bonds is 0. The first kappa shape index (κ1) is 9.12. The first-order valence-electron chi connectivity index (χ1n) is 4.45. The highest BCUT2D eigenvalue weighted by Gasteiger charge is 2.18. The maximum absolute atomic E-state index is 11.3. The van der Waals surface area contributed by atoms with Crippen molar-refractivity contribution in [1.29, 1.82) is 0 Å². The maximum Gasteiger partial charge on any atom is 0.298 e. The molecule has 1 amide bonds. The Morgan fingerprint density at radius 3 is 2.92 bits per heavy atom. The van der Waals surface area contributed by atoms with Crippen molar-refractivity contribution >= 4 is 5.91 Å². The summed E-state index contributed by atoms with van der Waals surface area (Å²) in [7, 11) is 0. The first-order chi connectivity index (χ1) is 5.74. The average molecular weight is 165 g/mol. The largest absolute Gasteiger partial charge is 0.332 e. The lowest BCUT2D eigenvalue weighted by Gasteiger charge is -2.29. The number of nitrogens with zero attached hydrogens (tertiary/aromatic N) is 1. The van der Waals surface area contributed by atoms with E-state index < -0.39 is 0 Å². The standard InChI is InChI=1S/C10H15NO/c1-3-5-10(12)11-7-4-6-9(2)8-11/h9H,4,6-8H2,1-2H3. The molecule has 12 heavy (non-hydrogen) atoms. The van der Waals surface area contributed by atoms with Gasteiger partial charge in [0.05, 0.1) is 0 Å². The molecule has 2 heteroatoms. The van der Waals surface area contributed by atoms with Crippen LogP contribution in [0.2, 0.25) is 0 Å². The van der Waals surface area contributed by atoms with Gasteiger partial charge in [0, 0.05) is 13.1 Å². The minimum Gasteiger partial charge on any atom is -0.332 e. The molecule has 0 aromatic carbocycles. The zero-order chi connectivity index (χ0) is 8.97. The lowest BCUT2D eigenvalue weighted by molar-refractivity contribution is -0.126. The third-order valence-electron chi connectivity index (χ3n) is 2.18. The Morgan fingerprint density at radius 2 is 2.33 bits per heavy atom. The molecule has 1 aliphatic rings. The highest BCUT2D eigenvalue weighted by molar-refractivity contribution is 5.93. The van der Waals surface area contributed by atoms with Gasteiger partial charge in [0.25, 0.3) is 5.91 Å². The van der Waals surface area contributed by atoms with E-state index >= 15 is 0 Å². The van der Waals surface area contributed by atoms with E-state index in [2.05, 4.69) is 18.8 Å². The van der Waals surface area contributed by atoms with Crippen LogP contribution in [0.15, 0.2) is 0 Å². The average Bonchev–Trinajstić information content (AvgIpc) is 2.05. The second-order valence-corrected chi connectivity index (χ2v) is 3.37. The Bertz CT molecular complexity index is 224.